The van der Waals surface area contributed by atoms with E-state index in [0.717, 1.165) is 148 Å². The van der Waals surface area contributed by atoms with Crippen LogP contribution in [0, 0.1) is 0 Å². The Balaban J connectivity index is 5.53. The van der Waals surface area contributed by atoms with Gasteiger partial charge in [0.15, 0.2) is 12.2 Å². The second kappa shape index (κ2) is 79.8. The van der Waals surface area contributed by atoms with Crippen LogP contribution in [0.15, 0.2) is 158 Å². The lowest BCUT2D eigenvalue weighted by Crippen LogP contribution is -2.30. The number of rotatable bonds is 77. The van der Waals surface area contributed by atoms with Crippen molar-refractivity contribution in [1.82, 2.24) is 0 Å². The third-order valence-electron chi connectivity index (χ3n) is 17.0. The van der Waals surface area contributed by atoms with Gasteiger partial charge in [-0.05, 0) is 161 Å². The Morgan fingerprint density at radius 2 is 0.472 bits per heavy atom. The van der Waals surface area contributed by atoms with Crippen molar-refractivity contribution in [3.8, 4) is 0 Å². The number of esters is 4. The van der Waals surface area contributed by atoms with Crippen molar-refractivity contribution < 1.29 is 80.2 Å². The normalized spacial score (nSPS) is 14.6. The summed E-state index contributed by atoms with van der Waals surface area (Å²) in [4.78, 5) is 73.1. The van der Waals surface area contributed by atoms with Gasteiger partial charge in [0.25, 0.3) is 0 Å². The fourth-order valence-electron chi connectivity index (χ4n) is 10.6. The van der Waals surface area contributed by atoms with Gasteiger partial charge in [0, 0.05) is 25.7 Å². The minimum absolute atomic E-state index is 0.0174. The summed E-state index contributed by atoms with van der Waals surface area (Å²) in [5, 5.41) is 10.7. The van der Waals surface area contributed by atoms with E-state index in [0.29, 0.717) is 38.5 Å². The summed E-state index contributed by atoms with van der Waals surface area (Å²) in [6.07, 6.45) is 93.8. The Bertz CT molecular complexity index is 2660. The number of unbranched alkanes of at least 4 members (excludes halogenated alkanes) is 25. The van der Waals surface area contributed by atoms with E-state index in [-0.39, 0.29) is 25.7 Å². The smallest absolute Gasteiger partial charge is 0.462 e. The molecule has 616 valence electrons. The lowest BCUT2D eigenvalue weighted by Gasteiger charge is -2.21. The van der Waals surface area contributed by atoms with Crippen molar-refractivity contribution in [1.29, 1.82) is 0 Å². The number of hydrogen-bond acceptors (Lipinski definition) is 15. The Labute approximate surface area is 655 Å². The van der Waals surface area contributed by atoms with Crippen molar-refractivity contribution in [2.45, 2.75) is 341 Å². The summed E-state index contributed by atoms with van der Waals surface area (Å²) in [7, 11) is -10.0. The van der Waals surface area contributed by atoms with Crippen LogP contribution >= 0.6 is 15.6 Å². The second-order valence-corrected chi connectivity index (χ2v) is 30.3. The molecule has 0 saturated heterocycles. The molecule has 0 heterocycles. The zero-order valence-corrected chi connectivity index (χ0v) is 69.3. The number of allylic oxidation sites excluding steroid dienone is 26. The van der Waals surface area contributed by atoms with Gasteiger partial charge >= 0.3 is 39.5 Å². The summed E-state index contributed by atoms with van der Waals surface area (Å²) in [6, 6.07) is 0. The lowest BCUT2D eigenvalue weighted by atomic mass is 10.1. The van der Waals surface area contributed by atoms with E-state index in [1.54, 1.807) is 0 Å². The largest absolute Gasteiger partial charge is 0.472 e. The highest BCUT2D eigenvalue weighted by atomic mass is 31.2. The number of hydrogen-bond donors (Lipinski definition) is 3. The fourth-order valence-corrected chi connectivity index (χ4v) is 12.1. The molecule has 0 aromatic rings. The van der Waals surface area contributed by atoms with E-state index in [1.165, 1.54) is 83.5 Å². The van der Waals surface area contributed by atoms with Gasteiger partial charge < -0.3 is 33.8 Å². The average Bonchev–Trinajstić information content (AvgIpc) is 0.896. The molecule has 0 aromatic carbocycles. The summed E-state index contributed by atoms with van der Waals surface area (Å²) >= 11 is 0. The van der Waals surface area contributed by atoms with Crippen LogP contribution in [0.4, 0.5) is 0 Å². The van der Waals surface area contributed by atoms with Gasteiger partial charge in [0.05, 0.1) is 26.4 Å². The molecular formula is C89H148O17P2. The summed E-state index contributed by atoms with van der Waals surface area (Å²) in [6.45, 7) is 4.60. The number of ether oxygens (including phenoxy) is 4. The number of aliphatic hydroxyl groups excluding tert-OH is 1. The first kappa shape index (κ1) is 103. The number of phosphoric ester groups is 2. The quantitative estimate of drug-likeness (QED) is 0.0169. The van der Waals surface area contributed by atoms with Crippen molar-refractivity contribution in [3.05, 3.63) is 158 Å². The molecule has 0 fully saturated rings. The highest BCUT2D eigenvalue weighted by molar-refractivity contribution is 7.47. The molecule has 0 radical (unpaired) electrons. The van der Waals surface area contributed by atoms with Gasteiger partial charge in [-0.25, -0.2) is 9.13 Å². The molecule has 0 aliphatic heterocycles. The first-order valence-electron chi connectivity index (χ1n) is 41.7. The Hall–Kier alpha value is -5.32. The minimum Gasteiger partial charge on any atom is -0.462 e. The van der Waals surface area contributed by atoms with Crippen LogP contribution in [0.1, 0.15) is 323 Å². The first-order valence-corrected chi connectivity index (χ1v) is 44.7. The highest BCUT2D eigenvalue weighted by Gasteiger charge is 2.30. The van der Waals surface area contributed by atoms with Gasteiger partial charge in [-0.3, -0.25) is 37.3 Å². The molecule has 0 rings (SSSR count). The Morgan fingerprint density at radius 3 is 0.796 bits per heavy atom. The standard InChI is InChI=1S/C89H148O17P2/c1-5-9-13-17-21-25-29-33-37-39-41-43-47-50-54-58-62-66-70-74-87(92)100-80-85(106-89(94)76-72-68-64-60-56-52-48-44-42-40-38-34-30-26-22-18-14-10-6-2)82-104-108(97,98)102-78-83(90)77-101-107(95,96)103-81-84(105-88(93)75-71-67-63-59-55-51-46-36-32-28-24-20-16-12-8-4)79-99-86(91)73-69-65-61-57-53-49-45-35-31-27-23-19-15-11-7-3/h21-23,25-28,32-35,37-38,41-45,50,52,54,56,62,64,66,68,83-85,90H,5-20,24,29-31,36,39-40,46-49,51,53,55,57-61,63,65,67,69-82H2,1-4H3,(H,95,96)(H,97,98)/b25-21-,26-22-,27-23-,32-28-,37-33-,38-34-,43-41-,44-42-,45-35-,54-50-,56-52-,66-62-,68-64-/t83-,84+,85+/m0/s1. The zero-order valence-electron chi connectivity index (χ0n) is 67.5. The molecule has 3 N–H and O–H groups in total. The summed E-state index contributed by atoms with van der Waals surface area (Å²) in [5.74, 6) is -2.39. The molecule has 0 aromatic heterocycles. The Morgan fingerprint density at radius 1 is 0.259 bits per heavy atom. The maximum atomic E-state index is 13.1. The topological polar surface area (TPSA) is 237 Å². The van der Waals surface area contributed by atoms with Crippen LogP contribution in [-0.4, -0.2) is 96.7 Å². The van der Waals surface area contributed by atoms with Crippen molar-refractivity contribution >= 4 is 39.5 Å². The molecule has 17 nitrogen and oxygen atoms in total. The van der Waals surface area contributed by atoms with Crippen LogP contribution in [-0.2, 0) is 65.4 Å². The third kappa shape index (κ3) is 78.8. The van der Waals surface area contributed by atoms with Gasteiger partial charge in [-0.2, -0.15) is 0 Å². The van der Waals surface area contributed by atoms with Gasteiger partial charge in [-0.15, -0.1) is 0 Å². The minimum atomic E-state index is -5.02. The van der Waals surface area contributed by atoms with E-state index in [2.05, 4.69) is 149 Å². The molecule has 108 heavy (non-hydrogen) atoms. The maximum absolute atomic E-state index is 13.1. The molecule has 2 unspecified atom stereocenters. The van der Waals surface area contributed by atoms with Gasteiger partial charge in [0.1, 0.15) is 19.3 Å². The van der Waals surface area contributed by atoms with E-state index in [9.17, 15) is 43.2 Å². The number of carbonyl (C=O) groups excluding carboxylic acids is 4. The molecule has 0 amide bonds. The molecule has 0 bridgehead atoms. The highest BCUT2D eigenvalue weighted by Crippen LogP contribution is 2.45. The van der Waals surface area contributed by atoms with Crippen LogP contribution in [0.5, 0.6) is 0 Å². The predicted molar refractivity (Wildman–Crippen MR) is 445 cm³/mol. The van der Waals surface area contributed by atoms with E-state index >= 15 is 0 Å². The van der Waals surface area contributed by atoms with Gasteiger partial charge in [-0.1, -0.05) is 295 Å². The maximum Gasteiger partial charge on any atom is 0.472 e. The van der Waals surface area contributed by atoms with E-state index in [1.807, 2.05) is 36.5 Å². The molecular weight excluding hydrogens is 1400 g/mol. The second-order valence-electron chi connectivity index (χ2n) is 27.3. The van der Waals surface area contributed by atoms with Crippen LogP contribution < -0.4 is 0 Å². The number of carbonyl (C=O) groups is 4. The van der Waals surface area contributed by atoms with Crippen molar-refractivity contribution in [3.63, 3.8) is 0 Å². The fraction of sp³-hybridized carbons (Fsp3) is 0.663. The van der Waals surface area contributed by atoms with E-state index < -0.39 is 97.5 Å². The van der Waals surface area contributed by atoms with Crippen LogP contribution in [0.2, 0.25) is 0 Å². The Kier molecular flexibility index (Phi) is 75.8. The molecule has 19 heteroatoms. The summed E-state index contributed by atoms with van der Waals surface area (Å²) < 4.78 is 68.5. The van der Waals surface area contributed by atoms with E-state index in [4.69, 9.17) is 37.0 Å². The average molecular weight is 1550 g/mol. The van der Waals surface area contributed by atoms with Crippen LogP contribution in [0.25, 0.3) is 0 Å². The SMILES string of the molecule is CCCCC/C=C\C/C=C\C/C=C\C/C=C\C/C=C\CCC(=O)OC[C@H](COP(=O)(O)OC[C@@H](O)COP(=O)(O)OC[C@@H](COC(=O)CCCCCCC/C=C\C/C=C\CCCCC)OC(=O)CCCCCCCCC/C=C\CCCCCC)OC(=O)CC/C=C\C/C=C\C/C=C\C/C=C\C/C=C\CCCCC. The molecule has 5 atom stereocenters. The predicted octanol–water partition coefficient (Wildman–Crippen LogP) is 24.8. The number of phosphoric acid groups is 2. The lowest BCUT2D eigenvalue weighted by molar-refractivity contribution is -0.161. The molecule has 0 saturated carbocycles. The molecule has 0 aliphatic rings. The third-order valence-corrected chi connectivity index (χ3v) is 18.9. The molecule has 0 aliphatic carbocycles. The van der Waals surface area contributed by atoms with Crippen molar-refractivity contribution in [2.24, 2.45) is 0 Å². The summed E-state index contributed by atoms with van der Waals surface area (Å²) in [5.41, 5.74) is 0. The molecule has 0 spiro atoms. The zero-order chi connectivity index (χ0) is 78.9. The first-order chi connectivity index (χ1) is 52.7. The number of aliphatic hydroxyl groups is 1. The van der Waals surface area contributed by atoms with Crippen molar-refractivity contribution in [2.75, 3.05) is 39.6 Å². The van der Waals surface area contributed by atoms with Crippen LogP contribution in [0.3, 0.4) is 0 Å². The van der Waals surface area contributed by atoms with Gasteiger partial charge in [0.2, 0.25) is 0 Å². The monoisotopic (exact) mass is 1550 g/mol.